The van der Waals surface area contributed by atoms with Crippen molar-refractivity contribution < 1.29 is 33.8 Å². The largest absolute Gasteiger partial charge is 0.480 e. The minimum absolute atomic E-state index is 0.124. The highest BCUT2D eigenvalue weighted by Crippen LogP contribution is 2.22. The average molecular weight is 632 g/mol. The van der Waals surface area contributed by atoms with Gasteiger partial charge in [0.05, 0.1) is 18.7 Å². The van der Waals surface area contributed by atoms with Crippen molar-refractivity contribution in [3.63, 3.8) is 0 Å². The molecular weight excluding hydrogens is 590 g/mol. The monoisotopic (exact) mass is 631 g/mol. The van der Waals surface area contributed by atoms with Gasteiger partial charge < -0.3 is 35.4 Å². The van der Waals surface area contributed by atoms with Crippen molar-refractivity contribution >= 4 is 29.7 Å². The zero-order valence-corrected chi connectivity index (χ0v) is 25.7. The summed E-state index contributed by atoms with van der Waals surface area (Å²) >= 11 is 0. The van der Waals surface area contributed by atoms with Gasteiger partial charge in [0.2, 0.25) is 11.8 Å². The van der Waals surface area contributed by atoms with Gasteiger partial charge in [0.15, 0.2) is 0 Å². The van der Waals surface area contributed by atoms with Gasteiger partial charge in [0, 0.05) is 25.7 Å². The van der Waals surface area contributed by atoms with Crippen LogP contribution in [0.2, 0.25) is 0 Å². The number of pyridine rings is 1. The molecule has 0 spiro atoms. The number of nitrogens with one attached hydrogen (secondary N) is 3. The summed E-state index contributed by atoms with van der Waals surface area (Å²) in [4.78, 5) is 55.5. The number of carboxylic acid groups (broad SMARTS) is 1. The van der Waals surface area contributed by atoms with Crippen LogP contribution in [0.5, 0.6) is 0 Å². The molecule has 0 radical (unpaired) electrons. The average Bonchev–Trinajstić information content (AvgIpc) is 3.50. The summed E-state index contributed by atoms with van der Waals surface area (Å²) in [5.41, 5.74) is 2.04. The lowest BCUT2D eigenvalue weighted by Gasteiger charge is -2.24. The summed E-state index contributed by atoms with van der Waals surface area (Å²) in [6.07, 6.45) is 3.62. The first-order valence-corrected chi connectivity index (χ1v) is 15.4. The number of anilines is 1. The van der Waals surface area contributed by atoms with Crippen LogP contribution in [0.15, 0.2) is 85.1 Å². The molecule has 4 N–H and O–H groups in total. The van der Waals surface area contributed by atoms with Crippen LogP contribution in [-0.2, 0) is 36.9 Å². The third kappa shape index (κ3) is 11.5. The van der Waals surface area contributed by atoms with Gasteiger partial charge in [0.25, 0.3) is 0 Å². The summed E-state index contributed by atoms with van der Waals surface area (Å²) in [6, 6.07) is 23.2. The van der Waals surface area contributed by atoms with Crippen molar-refractivity contribution in [1.82, 2.24) is 20.5 Å². The Morgan fingerprint density at radius 3 is 2.33 bits per heavy atom. The lowest BCUT2D eigenvalue weighted by molar-refractivity contribution is -0.142. The topological polar surface area (TPSA) is 159 Å². The number of rotatable bonds is 17. The number of carbonyl (C=O) groups is 4. The van der Waals surface area contributed by atoms with Gasteiger partial charge in [0.1, 0.15) is 25.1 Å². The van der Waals surface area contributed by atoms with Gasteiger partial charge in [-0.15, -0.1) is 0 Å². The molecule has 1 aliphatic heterocycles. The molecule has 12 heteroatoms. The molecule has 12 nitrogen and oxygen atoms in total. The number of aromatic nitrogens is 1. The molecule has 2 heterocycles. The van der Waals surface area contributed by atoms with Crippen LogP contribution in [0.1, 0.15) is 36.8 Å². The summed E-state index contributed by atoms with van der Waals surface area (Å²) in [7, 11) is 0. The number of ether oxygens (including phenoxy) is 2. The highest BCUT2D eigenvalue weighted by molar-refractivity contribution is 5.84. The van der Waals surface area contributed by atoms with E-state index < -0.39 is 30.1 Å². The molecular formula is C34H41N5O7. The number of likely N-dealkylation sites (tertiary alicyclic amines) is 1. The minimum Gasteiger partial charge on any atom is -0.480 e. The molecule has 1 fully saturated rings. The third-order valence-electron chi connectivity index (χ3n) is 7.55. The van der Waals surface area contributed by atoms with E-state index in [1.807, 2.05) is 78.9 Å². The predicted octanol–water partition coefficient (Wildman–Crippen LogP) is 3.39. The van der Waals surface area contributed by atoms with Gasteiger partial charge in [-0.2, -0.15) is 0 Å². The number of unbranched alkanes of at least 4 members (excludes halogenated alkanes) is 1. The van der Waals surface area contributed by atoms with E-state index in [1.54, 1.807) is 11.1 Å². The first-order chi connectivity index (χ1) is 22.4. The highest BCUT2D eigenvalue weighted by Gasteiger charge is 2.37. The number of nitrogens with zero attached hydrogens (tertiary/aromatic N) is 2. The maximum Gasteiger partial charge on any atom is 0.410 e. The fraction of sp³-hybridized carbons (Fsp3) is 0.382. The highest BCUT2D eigenvalue weighted by atomic mass is 16.6. The smallest absolute Gasteiger partial charge is 0.410 e. The molecule has 1 saturated heterocycles. The van der Waals surface area contributed by atoms with Crippen molar-refractivity contribution in [3.05, 3.63) is 96.2 Å². The number of aryl methyl sites for hydroxylation is 1. The number of hydrogen-bond donors (Lipinski definition) is 4. The number of carbonyl (C=O) groups excluding carboxylic acids is 3. The summed E-state index contributed by atoms with van der Waals surface area (Å²) < 4.78 is 11.4. The fourth-order valence-electron chi connectivity index (χ4n) is 5.09. The van der Waals surface area contributed by atoms with Gasteiger partial charge in [-0.05, 0) is 48.9 Å². The second-order valence-electron chi connectivity index (χ2n) is 11.1. The van der Waals surface area contributed by atoms with Crippen LogP contribution in [0, 0.1) is 0 Å². The molecule has 3 amide bonds. The van der Waals surface area contributed by atoms with E-state index in [2.05, 4.69) is 20.9 Å². The molecule has 3 aromatic rings. The molecule has 3 atom stereocenters. The molecule has 0 saturated carbocycles. The number of amides is 3. The maximum atomic E-state index is 13.0. The summed E-state index contributed by atoms with van der Waals surface area (Å²) in [5, 5.41) is 17.8. The first-order valence-electron chi connectivity index (χ1n) is 15.4. The van der Waals surface area contributed by atoms with E-state index in [9.17, 15) is 24.3 Å². The molecule has 1 aliphatic rings. The molecule has 0 aliphatic carbocycles. The van der Waals surface area contributed by atoms with Crippen LogP contribution in [0.4, 0.5) is 10.6 Å². The van der Waals surface area contributed by atoms with E-state index in [1.165, 1.54) is 5.56 Å². The van der Waals surface area contributed by atoms with Gasteiger partial charge in [-0.1, -0.05) is 66.7 Å². The van der Waals surface area contributed by atoms with Crippen molar-refractivity contribution in [2.45, 2.75) is 56.9 Å². The Kier molecular flexibility index (Phi) is 13.4. The lowest BCUT2D eigenvalue weighted by atomic mass is 10.1. The number of carboxylic acids is 1. The summed E-state index contributed by atoms with van der Waals surface area (Å²) in [6.45, 7) is 0.118. The molecule has 0 bridgehead atoms. The zero-order valence-electron chi connectivity index (χ0n) is 25.7. The van der Waals surface area contributed by atoms with Crippen LogP contribution in [0.25, 0.3) is 0 Å². The van der Waals surface area contributed by atoms with Gasteiger partial charge >= 0.3 is 12.1 Å². The van der Waals surface area contributed by atoms with E-state index >= 15 is 0 Å². The Hall–Kier alpha value is -4.97. The predicted molar refractivity (Wildman–Crippen MR) is 171 cm³/mol. The van der Waals surface area contributed by atoms with E-state index in [4.69, 9.17) is 9.47 Å². The molecule has 3 unspecified atom stereocenters. The van der Waals surface area contributed by atoms with E-state index in [-0.39, 0.29) is 44.7 Å². The Balaban J connectivity index is 1.20. The van der Waals surface area contributed by atoms with Gasteiger partial charge in [-0.25, -0.2) is 14.6 Å². The van der Waals surface area contributed by atoms with Crippen molar-refractivity contribution in [1.29, 1.82) is 0 Å². The second kappa shape index (κ2) is 18.1. The van der Waals surface area contributed by atoms with Crippen LogP contribution < -0.4 is 16.0 Å². The van der Waals surface area contributed by atoms with Crippen molar-refractivity contribution in [2.75, 3.05) is 31.6 Å². The van der Waals surface area contributed by atoms with Gasteiger partial charge in [-0.3, -0.25) is 9.59 Å². The van der Waals surface area contributed by atoms with E-state index in [0.29, 0.717) is 25.2 Å². The Morgan fingerprint density at radius 2 is 1.63 bits per heavy atom. The molecule has 2 aromatic carbocycles. The quantitative estimate of drug-likeness (QED) is 0.164. The molecule has 244 valence electrons. The molecule has 4 rings (SSSR count). The third-order valence-corrected chi connectivity index (χ3v) is 7.55. The SMILES string of the molecule is O=C(COC1CC(CNc2ccccn2)N(C(=O)OCc2ccccc2)C1)NCC(NC(=O)CCCCc1ccccc1)C(=O)O. The second-order valence-corrected chi connectivity index (χ2v) is 11.1. The number of hydrogen-bond acceptors (Lipinski definition) is 8. The standard InChI is InChI=1S/C34H41N5O7/c40-31(17-8-7-13-25-11-3-1-4-12-25)38-29(33(42)43)21-37-32(41)24-45-28-19-27(20-36-30-16-9-10-18-35-30)39(22-28)34(44)46-23-26-14-5-2-6-15-26/h1-6,9-12,14-16,18,27-29H,7-8,13,17,19-24H2,(H,35,36)(H,37,41)(H,38,40)(H,42,43). The lowest BCUT2D eigenvalue weighted by Crippen LogP contribution is -2.49. The minimum atomic E-state index is -1.27. The Labute approximate surface area is 268 Å². The van der Waals surface area contributed by atoms with E-state index in [0.717, 1.165) is 18.4 Å². The van der Waals surface area contributed by atoms with Crippen LogP contribution >= 0.6 is 0 Å². The molecule has 46 heavy (non-hydrogen) atoms. The Bertz CT molecular complexity index is 1390. The van der Waals surface area contributed by atoms with Crippen molar-refractivity contribution in [3.8, 4) is 0 Å². The Morgan fingerprint density at radius 1 is 0.913 bits per heavy atom. The molecule has 1 aromatic heterocycles. The number of aliphatic carboxylic acids is 1. The van der Waals surface area contributed by atoms with Crippen molar-refractivity contribution in [2.24, 2.45) is 0 Å². The maximum absolute atomic E-state index is 13.0. The fourth-order valence-corrected chi connectivity index (χ4v) is 5.09. The van der Waals surface area contributed by atoms with Crippen LogP contribution in [0.3, 0.4) is 0 Å². The normalized spacial score (nSPS) is 16.3. The summed E-state index contributed by atoms with van der Waals surface area (Å²) in [5.74, 6) is -1.50. The van der Waals surface area contributed by atoms with Crippen LogP contribution in [-0.4, -0.2) is 83.3 Å². The first kappa shape index (κ1) is 33.9. The number of benzene rings is 2. The zero-order chi connectivity index (χ0) is 32.6.